The summed E-state index contributed by atoms with van der Waals surface area (Å²) in [5.74, 6) is -1.30. The number of nitrogens with one attached hydrogen (secondary N) is 2. The van der Waals surface area contributed by atoms with Crippen molar-refractivity contribution in [3.05, 3.63) is 126 Å². The molecule has 1 aliphatic rings. The van der Waals surface area contributed by atoms with Crippen molar-refractivity contribution < 1.29 is 137 Å². The molecule has 298 valence electrons. The standard InChI is InChI=1S/C38H27N7O11S3.3Na/c39-37(47)17-21-1-4-23(5-2-21)40-41-34-14-12-32(28-10-7-25(19-30(28)34)58(51,52)53)42-43-35-15-13-33(29-11-8-26(20-31(29)35)59(54,55)56)44-45-38-27-9-6-24(57(48,49)50)18-22(27)3-16-36(38)46;;;/h1-16,18-20,44H,17H2,(H2,39,47)(H,48,49,50)(H,51,52,53)(H,54,55,56);;;/q;3*+1/p-3/b41-40?,43-42?,45-38-;;;. The van der Waals surface area contributed by atoms with Gasteiger partial charge < -0.3 is 19.6 Å². The van der Waals surface area contributed by atoms with Crippen LogP contribution in [0.25, 0.3) is 27.6 Å². The third kappa shape index (κ3) is 11.6. The first-order valence-corrected chi connectivity index (χ1v) is 21.0. The Morgan fingerprint density at radius 1 is 0.613 bits per heavy atom. The predicted octanol–water partition coefficient (Wildman–Crippen LogP) is -2.82. The molecule has 7 rings (SSSR count). The van der Waals surface area contributed by atoms with E-state index in [0.717, 1.165) is 42.5 Å². The summed E-state index contributed by atoms with van der Waals surface area (Å²) in [6.07, 6.45) is 2.41. The van der Waals surface area contributed by atoms with Crippen LogP contribution in [0.5, 0.6) is 0 Å². The van der Waals surface area contributed by atoms with Gasteiger partial charge in [-0.05, 0) is 102 Å². The van der Waals surface area contributed by atoms with Crippen molar-refractivity contribution in [2.24, 2.45) is 25.6 Å². The number of carbonyl (C=O) groups is 1. The first-order chi connectivity index (χ1) is 27.8. The van der Waals surface area contributed by atoms with Crippen molar-refractivity contribution in [2.45, 2.75) is 21.1 Å². The largest absolute Gasteiger partial charge is 1.00 e. The summed E-state index contributed by atoms with van der Waals surface area (Å²) in [6.45, 7) is 0. The van der Waals surface area contributed by atoms with Crippen LogP contribution in [0.1, 0.15) is 16.7 Å². The van der Waals surface area contributed by atoms with E-state index in [9.17, 15) is 48.8 Å². The minimum atomic E-state index is -4.90. The maximum atomic E-state index is 12.8. The van der Waals surface area contributed by atoms with Crippen molar-refractivity contribution in [3.63, 3.8) is 0 Å². The Hall–Kier alpha value is -3.88. The number of hydrazone groups is 1. The fourth-order valence-electron chi connectivity index (χ4n) is 6.03. The van der Waals surface area contributed by atoms with E-state index < -0.39 is 56.7 Å². The molecule has 0 bridgehead atoms. The van der Waals surface area contributed by atoms with Gasteiger partial charge in [-0.3, -0.25) is 14.8 Å². The first-order valence-electron chi connectivity index (χ1n) is 16.8. The van der Waals surface area contributed by atoms with E-state index in [1.54, 1.807) is 24.3 Å². The first kappa shape index (κ1) is 50.8. The van der Waals surface area contributed by atoms with E-state index in [1.807, 2.05) is 0 Å². The minimum absolute atomic E-state index is 0. The van der Waals surface area contributed by atoms with Crippen LogP contribution >= 0.6 is 0 Å². The van der Waals surface area contributed by atoms with Gasteiger partial charge in [-0.2, -0.15) is 18.6 Å². The SMILES string of the molecule is N=C([O-])Cc1ccc(N=Nc2ccc(N=Nc3ccc(N/N=C4\C(=O)C=Cc5cc(S(=O)(=O)[O-])ccc54)c4ccc(S(=O)(=O)O)cc34)c3ccc(S(=O)(=O)[O-])cc23)cc1.[Na+].[Na+].[Na+]. The van der Waals surface area contributed by atoms with Gasteiger partial charge in [0.1, 0.15) is 25.9 Å². The number of benzene rings is 6. The van der Waals surface area contributed by atoms with E-state index in [2.05, 4.69) is 31.0 Å². The van der Waals surface area contributed by atoms with Crippen LogP contribution in [0.15, 0.2) is 149 Å². The summed E-state index contributed by atoms with van der Waals surface area (Å²) in [5, 5.41) is 40.5. The van der Waals surface area contributed by atoms with Crippen LogP contribution in [0, 0.1) is 5.41 Å². The zero-order chi connectivity index (χ0) is 42.3. The fourth-order valence-corrected chi connectivity index (χ4v) is 7.54. The van der Waals surface area contributed by atoms with Crippen molar-refractivity contribution in [1.29, 1.82) is 5.41 Å². The normalized spacial score (nSPS) is 13.5. The summed E-state index contributed by atoms with van der Waals surface area (Å²) < 4.78 is 105. The summed E-state index contributed by atoms with van der Waals surface area (Å²) >= 11 is 0. The molecule has 3 N–H and O–H groups in total. The van der Waals surface area contributed by atoms with E-state index >= 15 is 0 Å². The van der Waals surface area contributed by atoms with Gasteiger partial charge in [-0.1, -0.05) is 36.4 Å². The molecule has 0 aromatic heterocycles. The second-order valence-electron chi connectivity index (χ2n) is 12.7. The average molecular weight is 920 g/mol. The quantitative estimate of drug-likeness (QED) is 0.0296. The molecule has 1 aliphatic carbocycles. The van der Waals surface area contributed by atoms with Gasteiger partial charge in [-0.25, -0.2) is 16.8 Å². The van der Waals surface area contributed by atoms with E-state index in [4.69, 9.17) is 5.41 Å². The van der Waals surface area contributed by atoms with Crippen molar-refractivity contribution in [3.8, 4) is 0 Å². The smallest absolute Gasteiger partial charge is 0.862 e. The van der Waals surface area contributed by atoms with Crippen LogP contribution in [0.4, 0.5) is 28.4 Å². The summed E-state index contributed by atoms with van der Waals surface area (Å²) in [4.78, 5) is 11.3. The predicted molar refractivity (Wildman–Crippen MR) is 211 cm³/mol. The molecule has 62 heavy (non-hydrogen) atoms. The Bertz CT molecular complexity index is 3260. The van der Waals surface area contributed by atoms with Crippen molar-refractivity contribution in [2.75, 3.05) is 5.43 Å². The maximum absolute atomic E-state index is 12.8. The molecule has 0 aliphatic heterocycles. The second-order valence-corrected chi connectivity index (χ2v) is 16.9. The van der Waals surface area contributed by atoms with Crippen molar-refractivity contribution in [1.82, 2.24) is 0 Å². The Morgan fingerprint density at radius 3 is 1.74 bits per heavy atom. The number of carbonyl (C=O) groups excluding carboxylic acids is 1. The number of ketones is 1. The minimum Gasteiger partial charge on any atom is -0.862 e. The van der Waals surface area contributed by atoms with Gasteiger partial charge in [0.25, 0.3) is 10.1 Å². The van der Waals surface area contributed by atoms with Gasteiger partial charge in [0.2, 0.25) is 5.78 Å². The van der Waals surface area contributed by atoms with Gasteiger partial charge >= 0.3 is 88.7 Å². The molecule has 6 aromatic carbocycles. The molecular weight excluding hydrogens is 896 g/mol. The molecule has 24 heteroatoms. The molecule has 0 spiro atoms. The molecule has 0 heterocycles. The molecule has 0 fully saturated rings. The van der Waals surface area contributed by atoms with Crippen LogP contribution in [-0.2, 0) is 41.6 Å². The van der Waals surface area contributed by atoms with Crippen LogP contribution < -0.4 is 99.2 Å². The van der Waals surface area contributed by atoms with Gasteiger partial charge in [0, 0.05) is 27.1 Å². The number of hydrogen-bond acceptors (Lipinski definition) is 17. The Morgan fingerprint density at radius 2 is 1.13 bits per heavy atom. The maximum Gasteiger partial charge on any atom is 1.00 e. The number of fused-ring (bicyclic) bond motifs is 3. The number of azo groups is 2. The molecule has 0 unspecified atom stereocenters. The third-order valence-corrected chi connectivity index (χ3v) is 11.3. The van der Waals surface area contributed by atoms with Crippen LogP contribution in [-0.4, -0.2) is 56.3 Å². The summed E-state index contributed by atoms with van der Waals surface area (Å²) in [7, 11) is -14.4. The zero-order valence-corrected chi connectivity index (χ0v) is 41.1. The fraction of sp³-hybridized carbons (Fsp3) is 0.0263. The zero-order valence-electron chi connectivity index (χ0n) is 32.7. The third-order valence-electron chi connectivity index (χ3n) is 8.84. The number of rotatable bonds is 11. The molecule has 0 atom stereocenters. The Labute approximate surface area is 420 Å². The number of nitrogens with zero attached hydrogens (tertiary/aromatic N) is 5. The van der Waals surface area contributed by atoms with Crippen molar-refractivity contribution >= 4 is 104 Å². The number of allylic oxidation sites excluding steroid dienone is 1. The Balaban J connectivity index is 0.00000282. The van der Waals surface area contributed by atoms with E-state index in [0.29, 0.717) is 22.0 Å². The topological polar surface area (TPSA) is 307 Å². The van der Waals surface area contributed by atoms with Gasteiger partial charge in [-0.15, -0.1) is 15.3 Å². The molecule has 18 nitrogen and oxygen atoms in total. The van der Waals surface area contributed by atoms with Crippen LogP contribution in [0.2, 0.25) is 0 Å². The molecular formula is C38H24N7Na3O11S3. The molecule has 6 aromatic rings. The molecule has 0 amide bonds. The van der Waals surface area contributed by atoms with Gasteiger partial charge in [0.15, 0.2) is 0 Å². The average Bonchev–Trinajstić information content (AvgIpc) is 3.18. The van der Waals surface area contributed by atoms with Gasteiger partial charge in [0.05, 0.1) is 43.1 Å². The number of hydrogen-bond donors (Lipinski definition) is 3. The Kier molecular flexibility index (Phi) is 16.6. The molecule has 0 radical (unpaired) electrons. The van der Waals surface area contributed by atoms with E-state index in [-0.39, 0.29) is 145 Å². The number of anilines is 1. The van der Waals surface area contributed by atoms with Crippen LogP contribution in [0.3, 0.4) is 0 Å². The summed E-state index contributed by atoms with van der Waals surface area (Å²) in [5.41, 5.74) is 4.74. The molecule has 0 saturated carbocycles. The van der Waals surface area contributed by atoms with E-state index in [1.165, 1.54) is 48.5 Å². The second kappa shape index (κ2) is 20.3. The molecule has 0 saturated heterocycles. The summed E-state index contributed by atoms with van der Waals surface area (Å²) in [6, 6.07) is 22.8. The monoisotopic (exact) mass is 919 g/mol.